The Bertz CT molecular complexity index is 357. The van der Waals surface area contributed by atoms with Crippen molar-refractivity contribution in [1.29, 1.82) is 0 Å². The number of nitrogen functional groups attached to an aromatic ring is 2. The number of benzene rings is 1. The van der Waals surface area contributed by atoms with Crippen LogP contribution >= 0.6 is 11.8 Å². The van der Waals surface area contributed by atoms with Crippen molar-refractivity contribution in [3.05, 3.63) is 12.1 Å². The lowest BCUT2D eigenvalue weighted by molar-refractivity contribution is 0.114. The zero-order valence-corrected chi connectivity index (χ0v) is 8.64. The summed E-state index contributed by atoms with van der Waals surface area (Å²) in [6.45, 7) is 0.502. The third-order valence-electron chi connectivity index (χ3n) is 2.05. The van der Waals surface area contributed by atoms with Crippen molar-refractivity contribution in [2.45, 2.75) is 10.3 Å². The van der Waals surface area contributed by atoms with Crippen LogP contribution in [0.3, 0.4) is 0 Å². The van der Waals surface area contributed by atoms with Gasteiger partial charge in [0.25, 0.3) is 0 Å². The SMILES string of the molecule is COC1COc2c(N)ccc(N)c2S1. The Morgan fingerprint density at radius 2 is 2.14 bits per heavy atom. The summed E-state index contributed by atoms with van der Waals surface area (Å²) in [5.74, 6) is 0.684. The van der Waals surface area contributed by atoms with E-state index in [1.54, 1.807) is 31.0 Å². The van der Waals surface area contributed by atoms with Gasteiger partial charge in [0.05, 0.1) is 10.6 Å². The summed E-state index contributed by atoms with van der Waals surface area (Å²) < 4.78 is 10.7. The number of ether oxygens (including phenoxy) is 2. The van der Waals surface area contributed by atoms with Gasteiger partial charge in [0, 0.05) is 12.8 Å². The molecule has 1 aliphatic rings. The maximum absolute atomic E-state index is 5.82. The van der Waals surface area contributed by atoms with Gasteiger partial charge in [0.1, 0.15) is 12.0 Å². The molecule has 0 aliphatic carbocycles. The fraction of sp³-hybridized carbons (Fsp3) is 0.333. The molecule has 0 bridgehead atoms. The monoisotopic (exact) mass is 212 g/mol. The molecule has 1 aliphatic heterocycles. The molecule has 4 N–H and O–H groups in total. The van der Waals surface area contributed by atoms with Gasteiger partial charge in [-0.05, 0) is 12.1 Å². The molecule has 0 amide bonds. The van der Waals surface area contributed by atoms with Crippen molar-refractivity contribution in [3.8, 4) is 5.75 Å². The van der Waals surface area contributed by atoms with E-state index in [1.807, 2.05) is 0 Å². The molecule has 0 aromatic heterocycles. The number of rotatable bonds is 1. The van der Waals surface area contributed by atoms with Crippen LogP contribution in [-0.4, -0.2) is 19.2 Å². The predicted molar refractivity (Wildman–Crippen MR) is 57.4 cm³/mol. The second kappa shape index (κ2) is 3.59. The molecule has 0 radical (unpaired) electrons. The molecule has 0 saturated heterocycles. The Kier molecular flexibility index (Phi) is 2.43. The molecule has 1 aromatic carbocycles. The van der Waals surface area contributed by atoms with Crippen molar-refractivity contribution in [1.82, 2.24) is 0 Å². The van der Waals surface area contributed by atoms with E-state index in [-0.39, 0.29) is 5.44 Å². The Balaban J connectivity index is 2.40. The molecule has 1 unspecified atom stereocenters. The lowest BCUT2D eigenvalue weighted by Gasteiger charge is -2.25. The van der Waals surface area contributed by atoms with Gasteiger partial charge in [-0.2, -0.15) is 0 Å². The average Bonchev–Trinajstić information content (AvgIpc) is 2.23. The Labute approximate surface area is 86.6 Å². The number of hydrogen-bond acceptors (Lipinski definition) is 5. The van der Waals surface area contributed by atoms with Crippen LogP contribution in [0.2, 0.25) is 0 Å². The molecule has 14 heavy (non-hydrogen) atoms. The van der Waals surface area contributed by atoms with Gasteiger partial charge in [-0.15, -0.1) is 0 Å². The first kappa shape index (κ1) is 9.48. The minimum atomic E-state index is -0.00778. The van der Waals surface area contributed by atoms with Gasteiger partial charge in [-0.3, -0.25) is 0 Å². The van der Waals surface area contributed by atoms with E-state index in [1.165, 1.54) is 0 Å². The van der Waals surface area contributed by atoms with Gasteiger partial charge >= 0.3 is 0 Å². The Morgan fingerprint density at radius 1 is 1.43 bits per heavy atom. The molecule has 1 aromatic rings. The lowest BCUT2D eigenvalue weighted by atomic mass is 10.2. The molecule has 0 saturated carbocycles. The van der Waals surface area contributed by atoms with Crippen LogP contribution in [-0.2, 0) is 4.74 Å². The molecule has 1 atom stereocenters. The van der Waals surface area contributed by atoms with Crippen molar-refractivity contribution in [3.63, 3.8) is 0 Å². The standard InChI is InChI=1S/C9H12N2O2S/c1-12-7-4-13-8-5(10)2-3-6(11)9(8)14-7/h2-3,7H,4,10-11H2,1H3. The van der Waals surface area contributed by atoms with Gasteiger partial charge in [0.2, 0.25) is 0 Å². The smallest absolute Gasteiger partial charge is 0.158 e. The second-order valence-corrected chi connectivity index (χ2v) is 4.17. The summed E-state index contributed by atoms with van der Waals surface area (Å²) in [4.78, 5) is 0.878. The van der Waals surface area contributed by atoms with E-state index in [4.69, 9.17) is 20.9 Å². The first-order valence-electron chi connectivity index (χ1n) is 4.22. The third-order valence-corrected chi connectivity index (χ3v) is 3.30. The zero-order chi connectivity index (χ0) is 10.1. The van der Waals surface area contributed by atoms with E-state index in [0.29, 0.717) is 23.7 Å². The van der Waals surface area contributed by atoms with E-state index >= 15 is 0 Å². The maximum Gasteiger partial charge on any atom is 0.158 e. The molecule has 76 valence electrons. The summed E-state index contributed by atoms with van der Waals surface area (Å²) in [6.07, 6.45) is 0. The quantitative estimate of drug-likeness (QED) is 0.687. The largest absolute Gasteiger partial charge is 0.487 e. The minimum Gasteiger partial charge on any atom is -0.487 e. The van der Waals surface area contributed by atoms with Crippen LogP contribution in [0.4, 0.5) is 11.4 Å². The molecule has 1 heterocycles. The average molecular weight is 212 g/mol. The first-order valence-corrected chi connectivity index (χ1v) is 5.10. The fourth-order valence-corrected chi connectivity index (χ4v) is 2.28. The van der Waals surface area contributed by atoms with Crippen LogP contribution in [0.15, 0.2) is 17.0 Å². The van der Waals surface area contributed by atoms with Gasteiger partial charge in [-0.1, -0.05) is 11.8 Å². The molecular weight excluding hydrogens is 200 g/mol. The highest BCUT2D eigenvalue weighted by Gasteiger charge is 2.23. The van der Waals surface area contributed by atoms with Crippen molar-refractivity contribution in [2.75, 3.05) is 25.2 Å². The van der Waals surface area contributed by atoms with Crippen LogP contribution in [0.1, 0.15) is 0 Å². The number of methoxy groups -OCH3 is 1. The van der Waals surface area contributed by atoms with E-state index in [9.17, 15) is 0 Å². The predicted octanol–water partition coefficient (Wildman–Crippen LogP) is 1.31. The van der Waals surface area contributed by atoms with Gasteiger partial charge < -0.3 is 20.9 Å². The summed E-state index contributed by atoms with van der Waals surface area (Å²) in [7, 11) is 1.65. The Morgan fingerprint density at radius 3 is 2.86 bits per heavy atom. The number of hydrogen-bond donors (Lipinski definition) is 2. The number of fused-ring (bicyclic) bond motifs is 1. The van der Waals surface area contributed by atoms with Gasteiger partial charge in [0.15, 0.2) is 5.75 Å². The first-order chi connectivity index (χ1) is 6.72. The molecule has 4 nitrogen and oxygen atoms in total. The Hall–Kier alpha value is -1.07. The number of thioether (sulfide) groups is 1. The highest BCUT2D eigenvalue weighted by atomic mass is 32.2. The van der Waals surface area contributed by atoms with Crippen molar-refractivity contribution >= 4 is 23.1 Å². The topological polar surface area (TPSA) is 70.5 Å². The fourth-order valence-electron chi connectivity index (χ4n) is 1.30. The maximum atomic E-state index is 5.82. The minimum absolute atomic E-state index is 0.00778. The van der Waals surface area contributed by atoms with E-state index < -0.39 is 0 Å². The van der Waals surface area contributed by atoms with Gasteiger partial charge in [-0.25, -0.2) is 0 Å². The van der Waals surface area contributed by atoms with Crippen molar-refractivity contribution in [2.24, 2.45) is 0 Å². The summed E-state index contributed by atoms with van der Waals surface area (Å²) >= 11 is 1.55. The number of anilines is 2. The zero-order valence-electron chi connectivity index (χ0n) is 7.82. The highest BCUT2D eigenvalue weighted by molar-refractivity contribution is 8.00. The second-order valence-electron chi connectivity index (χ2n) is 3.00. The molecule has 0 fully saturated rings. The van der Waals surface area contributed by atoms with Crippen LogP contribution in [0, 0.1) is 0 Å². The van der Waals surface area contributed by atoms with E-state index in [0.717, 1.165) is 4.90 Å². The van der Waals surface area contributed by atoms with Crippen molar-refractivity contribution < 1.29 is 9.47 Å². The van der Waals surface area contributed by atoms with Crippen LogP contribution in [0.5, 0.6) is 5.75 Å². The number of nitrogens with two attached hydrogens (primary N) is 2. The summed E-state index contributed by atoms with van der Waals surface area (Å²) in [5.41, 5.74) is 12.9. The summed E-state index contributed by atoms with van der Waals surface area (Å²) in [5, 5.41) is 0. The molecule has 5 heteroatoms. The van der Waals surface area contributed by atoms with Crippen LogP contribution in [0.25, 0.3) is 0 Å². The molecule has 2 rings (SSSR count). The lowest BCUT2D eigenvalue weighted by Crippen LogP contribution is -2.21. The van der Waals surface area contributed by atoms with E-state index in [2.05, 4.69) is 0 Å². The third kappa shape index (κ3) is 1.49. The van der Waals surface area contributed by atoms with Crippen LogP contribution < -0.4 is 16.2 Å². The normalized spacial score (nSPS) is 19.9. The summed E-state index contributed by atoms with van der Waals surface area (Å²) in [6, 6.07) is 3.53. The molecular formula is C9H12N2O2S. The highest BCUT2D eigenvalue weighted by Crippen LogP contribution is 2.44. The molecule has 0 spiro atoms.